The van der Waals surface area contributed by atoms with Crippen LogP contribution < -0.4 is 34.7 Å². The number of hydrogen-bond donors (Lipinski definition) is 0. The number of rotatable bonds is 8. The number of carboxylic acid groups (broad SMARTS) is 1. The molecule has 0 aliphatic heterocycles. The van der Waals surface area contributed by atoms with Crippen LogP contribution in [0.1, 0.15) is 58.8 Å². The maximum atomic E-state index is 10.4. The van der Waals surface area contributed by atoms with E-state index in [1.54, 1.807) is 6.92 Å². The fourth-order valence-electron chi connectivity index (χ4n) is 1.35. The first-order chi connectivity index (χ1) is 6.18. The second-order valence-electron chi connectivity index (χ2n) is 3.78. The third-order valence-electron chi connectivity index (χ3n) is 2.39. The first kappa shape index (κ1) is 20.8. The van der Waals surface area contributed by atoms with Crippen molar-refractivity contribution in [1.82, 2.24) is 0 Å². The van der Waals surface area contributed by atoms with Gasteiger partial charge in [0.25, 0.3) is 0 Å². The molecule has 15 heavy (non-hydrogen) atoms. The van der Waals surface area contributed by atoms with Crippen molar-refractivity contribution in [3.63, 3.8) is 0 Å². The van der Waals surface area contributed by atoms with Gasteiger partial charge in [-0.1, -0.05) is 52.4 Å². The zero-order valence-corrected chi connectivity index (χ0v) is 12.3. The van der Waals surface area contributed by atoms with Crippen LogP contribution in [0.2, 0.25) is 0 Å². The molecular weight excluding hydrogens is 203 g/mol. The molecule has 0 aliphatic carbocycles. The minimum atomic E-state index is -0.909. The molecule has 0 saturated heterocycles. The fraction of sp³-hybridized carbons (Fsp3) is 0.909. The van der Waals surface area contributed by atoms with E-state index in [0.717, 1.165) is 19.3 Å². The Morgan fingerprint density at radius 3 is 2.07 bits per heavy atom. The Morgan fingerprint density at radius 1 is 1.13 bits per heavy atom. The van der Waals surface area contributed by atoms with Crippen molar-refractivity contribution in [2.75, 3.05) is 0 Å². The number of hydrogen-bond acceptors (Lipinski definition) is 2. The topological polar surface area (TPSA) is 71.6 Å². The molecule has 2 N–H and O–H groups in total. The Bertz CT molecular complexity index is 140. The molecule has 0 heterocycles. The molecule has 0 radical (unpaired) electrons. The predicted octanol–water partition coefficient (Wildman–Crippen LogP) is -1.70. The molecule has 1 unspecified atom stereocenters. The van der Waals surface area contributed by atoms with E-state index >= 15 is 0 Å². The minimum Gasteiger partial charge on any atom is -0.550 e. The molecule has 0 fully saturated rings. The van der Waals surface area contributed by atoms with Crippen LogP contribution in [0.4, 0.5) is 0 Å². The van der Waals surface area contributed by atoms with Gasteiger partial charge in [-0.3, -0.25) is 0 Å². The second-order valence-corrected chi connectivity index (χ2v) is 3.78. The van der Waals surface area contributed by atoms with Gasteiger partial charge in [0.2, 0.25) is 0 Å². The van der Waals surface area contributed by atoms with E-state index in [9.17, 15) is 9.90 Å². The van der Waals surface area contributed by atoms with Crippen molar-refractivity contribution in [3.05, 3.63) is 0 Å². The molecule has 0 spiro atoms. The van der Waals surface area contributed by atoms with Gasteiger partial charge in [-0.05, 0) is 12.3 Å². The SMILES string of the molecule is CCCCCCCCC(C)C(=O)[O-].O.[Na+]. The average Bonchev–Trinajstić information content (AvgIpc) is 2.10. The number of carbonyl (C=O) groups excluding carboxylic acids is 1. The summed E-state index contributed by atoms with van der Waals surface area (Å²) in [6.45, 7) is 3.92. The van der Waals surface area contributed by atoms with E-state index in [-0.39, 0.29) is 41.0 Å². The summed E-state index contributed by atoms with van der Waals surface area (Å²) in [5.41, 5.74) is 0. The molecule has 0 aromatic heterocycles. The Balaban J connectivity index is -0.000000720. The molecule has 0 aliphatic rings. The van der Waals surface area contributed by atoms with E-state index < -0.39 is 5.97 Å². The predicted molar refractivity (Wildman–Crippen MR) is 55.8 cm³/mol. The monoisotopic (exact) mass is 226 g/mol. The Kier molecular flexibility index (Phi) is 20.0. The number of unbranched alkanes of at least 4 members (excludes halogenated alkanes) is 5. The zero-order chi connectivity index (χ0) is 10.1. The van der Waals surface area contributed by atoms with Gasteiger partial charge in [0.05, 0.1) is 0 Å². The smallest absolute Gasteiger partial charge is 0.550 e. The molecule has 0 bridgehead atoms. The number of carboxylic acids is 1. The average molecular weight is 226 g/mol. The van der Waals surface area contributed by atoms with E-state index in [0.29, 0.717) is 0 Å². The van der Waals surface area contributed by atoms with E-state index in [2.05, 4.69) is 6.92 Å². The maximum absolute atomic E-state index is 10.4. The van der Waals surface area contributed by atoms with Crippen molar-refractivity contribution >= 4 is 5.97 Å². The molecule has 0 saturated carbocycles. The summed E-state index contributed by atoms with van der Waals surface area (Å²) in [6.07, 6.45) is 8.06. The molecule has 0 aromatic carbocycles. The van der Waals surface area contributed by atoms with E-state index in [1.807, 2.05) is 0 Å². The summed E-state index contributed by atoms with van der Waals surface area (Å²) in [4.78, 5) is 10.4. The maximum Gasteiger partial charge on any atom is 1.00 e. The van der Waals surface area contributed by atoms with Gasteiger partial charge in [0.1, 0.15) is 0 Å². The van der Waals surface area contributed by atoms with Crippen LogP contribution in [0.15, 0.2) is 0 Å². The van der Waals surface area contributed by atoms with Crippen LogP contribution >= 0.6 is 0 Å². The van der Waals surface area contributed by atoms with Crippen molar-refractivity contribution in [3.8, 4) is 0 Å². The molecule has 1 atom stereocenters. The van der Waals surface area contributed by atoms with Crippen molar-refractivity contribution in [2.45, 2.75) is 58.8 Å². The molecule has 0 rings (SSSR count). The summed E-state index contributed by atoms with van der Waals surface area (Å²) in [5.74, 6) is -1.18. The summed E-state index contributed by atoms with van der Waals surface area (Å²) in [5, 5.41) is 10.4. The molecule has 0 aromatic rings. The minimum absolute atomic E-state index is 0. The normalized spacial score (nSPS) is 11.1. The first-order valence-corrected chi connectivity index (χ1v) is 5.39. The number of aliphatic carboxylic acids is 1. The van der Waals surface area contributed by atoms with Crippen molar-refractivity contribution < 1.29 is 44.9 Å². The van der Waals surface area contributed by atoms with Crippen LogP contribution in [0.5, 0.6) is 0 Å². The van der Waals surface area contributed by atoms with Gasteiger partial charge < -0.3 is 15.4 Å². The number of carbonyl (C=O) groups is 1. The van der Waals surface area contributed by atoms with Crippen LogP contribution in [0.3, 0.4) is 0 Å². The summed E-state index contributed by atoms with van der Waals surface area (Å²) >= 11 is 0. The van der Waals surface area contributed by atoms with E-state index in [1.165, 1.54) is 25.7 Å². The van der Waals surface area contributed by atoms with Crippen LogP contribution in [-0.4, -0.2) is 11.4 Å². The van der Waals surface area contributed by atoms with Gasteiger partial charge in [-0.25, -0.2) is 0 Å². The van der Waals surface area contributed by atoms with E-state index in [4.69, 9.17) is 0 Å². The van der Waals surface area contributed by atoms with Crippen molar-refractivity contribution in [1.29, 1.82) is 0 Å². The quantitative estimate of drug-likeness (QED) is 0.366. The van der Waals surface area contributed by atoms with Gasteiger partial charge in [0, 0.05) is 5.97 Å². The van der Waals surface area contributed by atoms with Gasteiger partial charge >= 0.3 is 29.6 Å². The van der Waals surface area contributed by atoms with Crippen LogP contribution in [0.25, 0.3) is 0 Å². The summed E-state index contributed by atoms with van der Waals surface area (Å²) < 4.78 is 0. The third kappa shape index (κ3) is 14.4. The first-order valence-electron chi connectivity index (χ1n) is 5.39. The Morgan fingerprint density at radius 2 is 1.60 bits per heavy atom. The molecular formula is C11H23NaO3. The Labute approximate surface area is 115 Å². The molecule has 4 heteroatoms. The molecule has 3 nitrogen and oxygen atoms in total. The standard InChI is InChI=1S/C11H22O2.Na.H2O/c1-3-4-5-6-7-8-9-10(2)11(12)13;;/h10H,3-9H2,1-2H3,(H,12,13);;1H2/q;+1;/p-1. The van der Waals surface area contributed by atoms with Crippen LogP contribution in [0, 0.1) is 5.92 Å². The Hall–Kier alpha value is 0.430. The van der Waals surface area contributed by atoms with Crippen molar-refractivity contribution in [2.24, 2.45) is 5.92 Å². The molecule has 0 amide bonds. The summed E-state index contributed by atoms with van der Waals surface area (Å²) in [7, 11) is 0. The largest absolute Gasteiger partial charge is 1.00 e. The zero-order valence-electron chi connectivity index (χ0n) is 10.3. The fourth-order valence-corrected chi connectivity index (χ4v) is 1.35. The van der Waals surface area contributed by atoms with Gasteiger partial charge in [-0.2, -0.15) is 0 Å². The third-order valence-corrected chi connectivity index (χ3v) is 2.39. The summed E-state index contributed by atoms with van der Waals surface area (Å²) in [6, 6.07) is 0. The van der Waals surface area contributed by atoms with Crippen LogP contribution in [-0.2, 0) is 4.79 Å². The molecule has 86 valence electrons. The van der Waals surface area contributed by atoms with Gasteiger partial charge in [-0.15, -0.1) is 0 Å². The second kappa shape index (κ2) is 14.4. The van der Waals surface area contributed by atoms with Gasteiger partial charge in [0.15, 0.2) is 0 Å².